The van der Waals surface area contributed by atoms with Crippen LogP contribution < -0.4 is 0 Å². The number of nitrogens with zero attached hydrogens (tertiary/aromatic N) is 3. The monoisotopic (exact) mass is 299 g/mol. The minimum absolute atomic E-state index is 0.0879. The molecule has 1 atom stereocenters. The van der Waals surface area contributed by atoms with Gasteiger partial charge < -0.3 is 9.80 Å². The number of carbonyl (C=O) groups excluding carboxylic acids is 1. The topological polar surface area (TPSA) is 36.4 Å². The molecule has 1 saturated carbocycles. The number of hydrogen-bond donors (Lipinski definition) is 0. The SMILES string of the molecule is O=C1N(Cc2cccnc2)CCC12CCCN(CC1CC1)C2. The van der Waals surface area contributed by atoms with Crippen molar-refractivity contribution < 1.29 is 4.79 Å². The van der Waals surface area contributed by atoms with Gasteiger partial charge in [0.05, 0.1) is 5.41 Å². The number of hydrogen-bond acceptors (Lipinski definition) is 3. The molecule has 4 nitrogen and oxygen atoms in total. The molecule has 2 saturated heterocycles. The second-order valence-corrected chi connectivity index (χ2v) is 7.40. The third-order valence-electron chi connectivity index (χ3n) is 5.57. The summed E-state index contributed by atoms with van der Waals surface area (Å²) in [7, 11) is 0. The van der Waals surface area contributed by atoms with Crippen LogP contribution in [0, 0.1) is 11.3 Å². The van der Waals surface area contributed by atoms with Crippen molar-refractivity contribution in [3.05, 3.63) is 30.1 Å². The summed E-state index contributed by atoms with van der Waals surface area (Å²) in [5, 5.41) is 0. The minimum atomic E-state index is -0.0879. The highest BCUT2D eigenvalue weighted by Gasteiger charge is 2.49. The Kier molecular flexibility index (Phi) is 3.65. The van der Waals surface area contributed by atoms with Gasteiger partial charge in [-0.1, -0.05) is 6.07 Å². The van der Waals surface area contributed by atoms with Gasteiger partial charge in [0.25, 0.3) is 0 Å². The van der Waals surface area contributed by atoms with E-state index in [4.69, 9.17) is 0 Å². The predicted molar refractivity (Wildman–Crippen MR) is 85.1 cm³/mol. The molecule has 4 heteroatoms. The molecule has 1 spiro atoms. The van der Waals surface area contributed by atoms with Crippen molar-refractivity contribution in [2.75, 3.05) is 26.2 Å². The van der Waals surface area contributed by atoms with Gasteiger partial charge in [0.1, 0.15) is 0 Å². The Morgan fingerprint density at radius 1 is 1.27 bits per heavy atom. The van der Waals surface area contributed by atoms with E-state index in [1.54, 1.807) is 6.20 Å². The Balaban J connectivity index is 1.43. The predicted octanol–water partition coefficient (Wildman–Crippen LogP) is 2.31. The molecule has 3 fully saturated rings. The second kappa shape index (κ2) is 5.65. The van der Waals surface area contributed by atoms with Crippen molar-refractivity contribution in [2.45, 2.75) is 38.6 Å². The van der Waals surface area contributed by atoms with Gasteiger partial charge in [0.15, 0.2) is 0 Å². The average Bonchev–Trinajstić information content (AvgIpc) is 3.31. The van der Waals surface area contributed by atoms with Crippen LogP contribution in [0.4, 0.5) is 0 Å². The number of pyridine rings is 1. The van der Waals surface area contributed by atoms with Crippen LogP contribution in [0.1, 0.15) is 37.7 Å². The van der Waals surface area contributed by atoms with Crippen molar-refractivity contribution in [3.63, 3.8) is 0 Å². The minimum Gasteiger partial charge on any atom is -0.338 e. The molecular formula is C18H25N3O. The van der Waals surface area contributed by atoms with E-state index in [2.05, 4.69) is 20.9 Å². The third kappa shape index (κ3) is 2.76. The lowest BCUT2D eigenvalue weighted by Crippen LogP contribution is -2.48. The van der Waals surface area contributed by atoms with E-state index in [0.29, 0.717) is 5.91 Å². The van der Waals surface area contributed by atoms with Crippen molar-refractivity contribution in [1.29, 1.82) is 0 Å². The molecule has 0 aromatic carbocycles. The highest BCUT2D eigenvalue weighted by atomic mass is 16.2. The van der Waals surface area contributed by atoms with E-state index < -0.39 is 0 Å². The number of likely N-dealkylation sites (tertiary alicyclic amines) is 2. The highest BCUT2D eigenvalue weighted by molar-refractivity contribution is 5.85. The first-order valence-electron chi connectivity index (χ1n) is 8.66. The highest BCUT2D eigenvalue weighted by Crippen LogP contribution is 2.42. The van der Waals surface area contributed by atoms with E-state index in [-0.39, 0.29) is 5.41 Å². The van der Waals surface area contributed by atoms with Gasteiger partial charge in [-0.2, -0.15) is 0 Å². The Bertz CT molecular complexity index is 543. The van der Waals surface area contributed by atoms with Crippen molar-refractivity contribution in [2.24, 2.45) is 11.3 Å². The third-order valence-corrected chi connectivity index (χ3v) is 5.57. The molecule has 3 aliphatic rings. The van der Waals surface area contributed by atoms with Crippen LogP contribution >= 0.6 is 0 Å². The zero-order chi connectivity index (χ0) is 15.0. The summed E-state index contributed by atoms with van der Waals surface area (Å²) in [5.41, 5.74) is 1.05. The summed E-state index contributed by atoms with van der Waals surface area (Å²) in [6.07, 6.45) is 9.74. The van der Waals surface area contributed by atoms with Crippen LogP contribution in [-0.2, 0) is 11.3 Å². The number of carbonyl (C=O) groups is 1. The van der Waals surface area contributed by atoms with Crippen molar-refractivity contribution >= 4 is 5.91 Å². The van der Waals surface area contributed by atoms with E-state index in [0.717, 1.165) is 44.0 Å². The fourth-order valence-electron chi connectivity index (χ4n) is 4.18. The lowest BCUT2D eigenvalue weighted by atomic mass is 9.78. The Morgan fingerprint density at radius 3 is 2.95 bits per heavy atom. The molecule has 1 aromatic rings. The van der Waals surface area contributed by atoms with Crippen LogP contribution in [-0.4, -0.2) is 46.9 Å². The largest absolute Gasteiger partial charge is 0.338 e. The maximum atomic E-state index is 13.0. The Hall–Kier alpha value is -1.42. The van der Waals surface area contributed by atoms with Crippen LogP contribution in [0.5, 0.6) is 0 Å². The van der Waals surface area contributed by atoms with Crippen LogP contribution in [0.2, 0.25) is 0 Å². The Labute approximate surface area is 132 Å². The molecule has 1 unspecified atom stereocenters. The number of rotatable bonds is 4. The maximum Gasteiger partial charge on any atom is 0.230 e. The van der Waals surface area contributed by atoms with Gasteiger partial charge >= 0.3 is 0 Å². The average molecular weight is 299 g/mol. The lowest BCUT2D eigenvalue weighted by molar-refractivity contribution is -0.139. The van der Waals surface area contributed by atoms with Gasteiger partial charge in [-0.05, 0) is 56.2 Å². The lowest BCUT2D eigenvalue weighted by Gasteiger charge is -2.39. The van der Waals surface area contributed by atoms with Gasteiger partial charge in [-0.15, -0.1) is 0 Å². The summed E-state index contributed by atoms with van der Waals surface area (Å²) >= 11 is 0. The molecule has 3 heterocycles. The normalized spacial score (nSPS) is 29.5. The van der Waals surface area contributed by atoms with Crippen LogP contribution in [0.15, 0.2) is 24.5 Å². The zero-order valence-corrected chi connectivity index (χ0v) is 13.2. The molecule has 0 bridgehead atoms. The molecule has 4 rings (SSSR count). The quantitative estimate of drug-likeness (QED) is 0.856. The molecule has 0 N–H and O–H groups in total. The molecule has 22 heavy (non-hydrogen) atoms. The molecule has 0 radical (unpaired) electrons. The van der Waals surface area contributed by atoms with Gasteiger partial charge in [0.2, 0.25) is 5.91 Å². The molecule has 1 aliphatic carbocycles. The molecule has 2 aliphatic heterocycles. The maximum absolute atomic E-state index is 13.0. The molecule has 118 valence electrons. The first-order valence-corrected chi connectivity index (χ1v) is 8.66. The smallest absolute Gasteiger partial charge is 0.230 e. The first kappa shape index (κ1) is 14.2. The van der Waals surface area contributed by atoms with Gasteiger partial charge in [0, 0.05) is 38.6 Å². The number of amides is 1. The van der Waals surface area contributed by atoms with Crippen LogP contribution in [0.3, 0.4) is 0 Å². The fraction of sp³-hybridized carbons (Fsp3) is 0.667. The van der Waals surface area contributed by atoms with Crippen molar-refractivity contribution in [3.8, 4) is 0 Å². The van der Waals surface area contributed by atoms with Gasteiger partial charge in [-0.25, -0.2) is 0 Å². The first-order chi connectivity index (χ1) is 10.8. The second-order valence-electron chi connectivity index (χ2n) is 7.40. The number of piperidine rings is 1. The zero-order valence-electron chi connectivity index (χ0n) is 13.2. The van der Waals surface area contributed by atoms with E-state index in [1.807, 2.05) is 12.3 Å². The standard InChI is InChI=1S/C18H25N3O/c22-17-18(6-2-9-20(14-18)12-15-4-5-15)7-10-21(17)13-16-3-1-8-19-11-16/h1,3,8,11,15H,2,4-7,9-10,12-14H2. The van der Waals surface area contributed by atoms with E-state index in [9.17, 15) is 4.79 Å². The summed E-state index contributed by atoms with van der Waals surface area (Å²) in [4.78, 5) is 21.8. The Morgan fingerprint density at radius 2 is 2.18 bits per heavy atom. The fourth-order valence-corrected chi connectivity index (χ4v) is 4.18. The summed E-state index contributed by atoms with van der Waals surface area (Å²) in [6, 6.07) is 4.01. The number of aromatic nitrogens is 1. The summed E-state index contributed by atoms with van der Waals surface area (Å²) in [6.45, 7) is 5.03. The van der Waals surface area contributed by atoms with Gasteiger partial charge in [-0.3, -0.25) is 9.78 Å². The van der Waals surface area contributed by atoms with Crippen molar-refractivity contribution in [1.82, 2.24) is 14.8 Å². The summed E-state index contributed by atoms with van der Waals surface area (Å²) < 4.78 is 0. The van der Waals surface area contributed by atoms with E-state index in [1.165, 1.54) is 32.4 Å². The molecule has 1 amide bonds. The molecule has 1 aromatic heterocycles. The van der Waals surface area contributed by atoms with E-state index >= 15 is 0 Å². The van der Waals surface area contributed by atoms with Crippen LogP contribution in [0.25, 0.3) is 0 Å². The summed E-state index contributed by atoms with van der Waals surface area (Å²) in [5.74, 6) is 1.30. The molecular weight excluding hydrogens is 274 g/mol.